The molecule has 0 fully saturated rings. The Morgan fingerprint density at radius 1 is 1.14 bits per heavy atom. The molecule has 0 saturated heterocycles. The lowest BCUT2D eigenvalue weighted by Gasteiger charge is -2.16. The van der Waals surface area contributed by atoms with Crippen molar-refractivity contribution in [3.63, 3.8) is 0 Å². The van der Waals surface area contributed by atoms with E-state index in [1.54, 1.807) is 36.0 Å². The molecule has 0 amide bonds. The molecule has 0 bridgehead atoms. The molecule has 28 heavy (non-hydrogen) atoms. The van der Waals surface area contributed by atoms with Gasteiger partial charge in [0.1, 0.15) is 5.75 Å². The van der Waals surface area contributed by atoms with Gasteiger partial charge in [-0.15, -0.1) is 16.8 Å². The highest BCUT2D eigenvalue weighted by molar-refractivity contribution is 7.98. The second-order valence-electron chi connectivity index (χ2n) is 5.99. The van der Waals surface area contributed by atoms with Crippen molar-refractivity contribution >= 4 is 46.6 Å². The lowest BCUT2D eigenvalue weighted by Crippen LogP contribution is -2.12. The first-order valence-electron chi connectivity index (χ1n) is 8.51. The van der Waals surface area contributed by atoms with E-state index in [-0.39, 0.29) is 6.10 Å². The van der Waals surface area contributed by atoms with Gasteiger partial charge in [0.25, 0.3) is 0 Å². The summed E-state index contributed by atoms with van der Waals surface area (Å²) in [6.45, 7) is 6.31. The first-order chi connectivity index (χ1) is 13.5. The lowest BCUT2D eigenvalue weighted by atomic mass is 10.2. The van der Waals surface area contributed by atoms with Crippen molar-refractivity contribution in [1.29, 1.82) is 0 Å². The molecule has 0 aliphatic carbocycles. The van der Waals surface area contributed by atoms with Crippen molar-refractivity contribution in [1.82, 2.24) is 14.8 Å². The highest BCUT2D eigenvalue weighted by atomic mass is 35.5. The van der Waals surface area contributed by atoms with E-state index in [1.165, 1.54) is 0 Å². The Morgan fingerprint density at radius 2 is 1.93 bits per heavy atom. The van der Waals surface area contributed by atoms with Gasteiger partial charge in [-0.3, -0.25) is 4.57 Å². The number of thioether (sulfide) groups is 1. The van der Waals surface area contributed by atoms with Gasteiger partial charge in [0.2, 0.25) is 0 Å². The summed E-state index contributed by atoms with van der Waals surface area (Å²) in [5.41, 5.74) is 1.12. The zero-order valence-electron chi connectivity index (χ0n) is 15.1. The summed E-state index contributed by atoms with van der Waals surface area (Å²) < 4.78 is 7.97. The minimum absolute atomic E-state index is 0.355. The number of benzene rings is 2. The van der Waals surface area contributed by atoms with E-state index in [0.29, 0.717) is 33.2 Å². The van der Waals surface area contributed by atoms with Crippen molar-refractivity contribution < 1.29 is 4.74 Å². The van der Waals surface area contributed by atoms with Gasteiger partial charge in [-0.05, 0) is 42.8 Å². The predicted molar refractivity (Wildman–Crippen MR) is 117 cm³/mol. The maximum absolute atomic E-state index is 6.21. The summed E-state index contributed by atoms with van der Waals surface area (Å²) in [5.74, 6) is 1.97. The quantitative estimate of drug-likeness (QED) is 0.275. The topological polar surface area (TPSA) is 39.9 Å². The van der Waals surface area contributed by atoms with Gasteiger partial charge in [0, 0.05) is 22.3 Å². The van der Waals surface area contributed by atoms with Crippen LogP contribution in [-0.2, 0) is 12.3 Å². The van der Waals surface area contributed by atoms with Crippen molar-refractivity contribution in [2.45, 2.75) is 30.5 Å². The molecule has 2 aromatic carbocycles. The number of ether oxygens (including phenoxy) is 1. The molecule has 1 atom stereocenters. The smallest absolute Gasteiger partial charge is 0.191 e. The maximum Gasteiger partial charge on any atom is 0.191 e. The second-order valence-corrected chi connectivity index (χ2v) is 8.22. The normalized spacial score (nSPS) is 12.0. The van der Waals surface area contributed by atoms with Gasteiger partial charge < -0.3 is 4.74 Å². The van der Waals surface area contributed by atoms with Crippen molar-refractivity contribution in [2.24, 2.45) is 0 Å². The third kappa shape index (κ3) is 5.23. The first kappa shape index (κ1) is 21.1. The van der Waals surface area contributed by atoms with Crippen LogP contribution in [0.3, 0.4) is 0 Å². The number of rotatable bonds is 8. The third-order valence-electron chi connectivity index (χ3n) is 3.88. The monoisotopic (exact) mass is 453 g/mol. The average Bonchev–Trinajstić information content (AvgIpc) is 3.05. The molecule has 1 unspecified atom stereocenters. The highest BCUT2D eigenvalue weighted by Crippen LogP contribution is 2.32. The first-order valence-corrected chi connectivity index (χ1v) is 10.6. The average molecular weight is 455 g/mol. The van der Waals surface area contributed by atoms with Crippen LogP contribution < -0.4 is 4.74 Å². The van der Waals surface area contributed by atoms with Crippen LogP contribution in [0.15, 0.2) is 60.3 Å². The fourth-order valence-electron chi connectivity index (χ4n) is 2.60. The van der Waals surface area contributed by atoms with E-state index in [1.807, 2.05) is 35.8 Å². The van der Waals surface area contributed by atoms with Crippen LogP contribution in [0.5, 0.6) is 5.75 Å². The van der Waals surface area contributed by atoms with E-state index >= 15 is 0 Å². The van der Waals surface area contributed by atoms with Gasteiger partial charge in [-0.1, -0.05) is 64.8 Å². The van der Waals surface area contributed by atoms with E-state index in [4.69, 9.17) is 39.5 Å². The van der Waals surface area contributed by atoms with Crippen LogP contribution in [-0.4, -0.2) is 14.8 Å². The number of nitrogens with zero attached hydrogens (tertiary/aromatic N) is 3. The zero-order valence-corrected chi connectivity index (χ0v) is 18.2. The van der Waals surface area contributed by atoms with Crippen molar-refractivity contribution in [2.75, 3.05) is 0 Å². The van der Waals surface area contributed by atoms with Gasteiger partial charge in [-0.25, -0.2) is 0 Å². The van der Waals surface area contributed by atoms with Crippen molar-refractivity contribution in [3.8, 4) is 5.75 Å². The zero-order chi connectivity index (χ0) is 20.1. The third-order valence-corrected chi connectivity index (χ3v) is 5.68. The second kappa shape index (κ2) is 9.70. The molecular formula is C20H18Cl3N3OS. The van der Waals surface area contributed by atoms with Crippen LogP contribution in [0.1, 0.15) is 24.4 Å². The van der Waals surface area contributed by atoms with Crippen LogP contribution in [0.4, 0.5) is 0 Å². The molecule has 146 valence electrons. The Morgan fingerprint density at radius 3 is 2.64 bits per heavy atom. The van der Waals surface area contributed by atoms with Crippen LogP contribution in [0.2, 0.25) is 15.1 Å². The highest BCUT2D eigenvalue weighted by Gasteiger charge is 2.20. The summed E-state index contributed by atoms with van der Waals surface area (Å²) >= 11 is 19.8. The molecule has 3 rings (SSSR count). The fourth-order valence-corrected chi connectivity index (χ4v) is 4.16. The molecule has 0 aliphatic heterocycles. The Bertz CT molecular complexity index is 977. The summed E-state index contributed by atoms with van der Waals surface area (Å²) in [5, 5.41) is 11.2. The van der Waals surface area contributed by atoms with E-state index in [9.17, 15) is 0 Å². The van der Waals surface area contributed by atoms with Crippen molar-refractivity contribution in [3.05, 3.63) is 81.6 Å². The van der Waals surface area contributed by atoms with E-state index < -0.39 is 0 Å². The summed E-state index contributed by atoms with van der Waals surface area (Å²) in [7, 11) is 0. The molecule has 1 aromatic heterocycles. The van der Waals surface area contributed by atoms with Gasteiger partial charge >= 0.3 is 0 Å². The van der Waals surface area contributed by atoms with Gasteiger partial charge in [0.15, 0.2) is 17.1 Å². The molecular weight excluding hydrogens is 437 g/mol. The Kier molecular flexibility index (Phi) is 7.30. The molecule has 0 N–H and O–H groups in total. The van der Waals surface area contributed by atoms with E-state index in [0.717, 1.165) is 16.5 Å². The summed E-state index contributed by atoms with van der Waals surface area (Å²) in [6.07, 6.45) is 1.45. The molecule has 1 heterocycles. The van der Waals surface area contributed by atoms with Gasteiger partial charge in [-0.2, -0.15) is 0 Å². The Labute approximate surface area is 183 Å². The van der Waals surface area contributed by atoms with Crippen LogP contribution in [0, 0.1) is 0 Å². The summed E-state index contributed by atoms with van der Waals surface area (Å²) in [4.78, 5) is 0. The minimum Gasteiger partial charge on any atom is -0.481 e. The van der Waals surface area contributed by atoms with Crippen LogP contribution in [0.25, 0.3) is 0 Å². The molecule has 8 heteroatoms. The molecule has 0 saturated carbocycles. The minimum atomic E-state index is -0.355. The number of hydrogen-bond donors (Lipinski definition) is 0. The molecule has 3 aromatic rings. The standard InChI is InChI=1S/C20H18Cl3N3OS/c1-3-9-26-19(13(2)27-18-8-7-16(22)11-17(18)23)24-25-20(26)28-12-14-5-4-6-15(21)10-14/h3-8,10-11,13H,1,9,12H2,2H3. The SMILES string of the molecule is C=CCn1c(SCc2cccc(Cl)c2)nnc1C(C)Oc1ccc(Cl)cc1Cl. The summed E-state index contributed by atoms with van der Waals surface area (Å²) in [6, 6.07) is 12.9. The number of aromatic nitrogens is 3. The fraction of sp³-hybridized carbons (Fsp3) is 0.200. The maximum atomic E-state index is 6.21. The number of hydrogen-bond acceptors (Lipinski definition) is 4. The lowest BCUT2D eigenvalue weighted by molar-refractivity contribution is 0.210. The van der Waals surface area contributed by atoms with Crippen LogP contribution >= 0.6 is 46.6 Å². The molecule has 0 spiro atoms. The Balaban J connectivity index is 1.78. The largest absolute Gasteiger partial charge is 0.481 e. The molecule has 0 radical (unpaired) electrons. The van der Waals surface area contributed by atoms with Gasteiger partial charge in [0.05, 0.1) is 5.02 Å². The van der Waals surface area contributed by atoms with E-state index in [2.05, 4.69) is 16.8 Å². The number of allylic oxidation sites excluding steroid dienone is 1. The molecule has 0 aliphatic rings. The Hall–Kier alpha value is -1.66. The molecule has 4 nitrogen and oxygen atoms in total. The predicted octanol–water partition coefficient (Wildman–Crippen LogP) is 6.86. The number of halogens is 3.